The van der Waals surface area contributed by atoms with Crippen LogP contribution in [0.2, 0.25) is 10.2 Å². The number of fused-ring (bicyclic) bond motifs is 1. The van der Waals surface area contributed by atoms with Crippen LogP contribution in [0.1, 0.15) is 5.56 Å². The van der Waals surface area contributed by atoms with Gasteiger partial charge in [-0.15, -0.1) is 0 Å². The van der Waals surface area contributed by atoms with Crippen molar-refractivity contribution in [2.45, 2.75) is 6.92 Å². The summed E-state index contributed by atoms with van der Waals surface area (Å²) in [6, 6.07) is 5.29. The van der Waals surface area contributed by atoms with Crippen LogP contribution in [0.25, 0.3) is 10.9 Å². The van der Waals surface area contributed by atoms with Gasteiger partial charge in [-0.05, 0) is 18.6 Å². The molecule has 4 nitrogen and oxygen atoms in total. The Hall–Kier alpha value is -1.39. The van der Waals surface area contributed by atoms with E-state index < -0.39 is 4.92 Å². The molecule has 0 radical (unpaired) electrons. The van der Waals surface area contributed by atoms with Crippen molar-refractivity contribution >= 4 is 39.8 Å². The summed E-state index contributed by atoms with van der Waals surface area (Å²) < 4.78 is 0. The molecule has 2 aromatic rings. The molecule has 0 unspecified atom stereocenters. The summed E-state index contributed by atoms with van der Waals surface area (Å²) in [4.78, 5) is 14.1. The van der Waals surface area contributed by atoms with Gasteiger partial charge in [-0.3, -0.25) is 10.1 Å². The van der Waals surface area contributed by atoms with Crippen LogP contribution in [-0.4, -0.2) is 9.91 Å². The van der Waals surface area contributed by atoms with Crippen LogP contribution in [0, 0.1) is 17.0 Å². The highest BCUT2D eigenvalue weighted by atomic mass is 35.5. The first-order valence-corrected chi connectivity index (χ1v) is 5.16. The predicted octanol–water partition coefficient (Wildman–Crippen LogP) is 3.76. The van der Waals surface area contributed by atoms with Crippen LogP contribution in [-0.2, 0) is 0 Å². The molecule has 82 valence electrons. The lowest BCUT2D eigenvalue weighted by Gasteiger charge is -2.03. The van der Waals surface area contributed by atoms with Crippen LogP contribution in [0.15, 0.2) is 18.2 Å². The highest BCUT2D eigenvalue weighted by molar-refractivity contribution is 6.41. The minimum Gasteiger partial charge on any atom is -0.258 e. The Balaban J connectivity index is 2.89. The summed E-state index contributed by atoms with van der Waals surface area (Å²) in [5.74, 6) is 0. The fourth-order valence-corrected chi connectivity index (χ4v) is 2.07. The number of nitrogens with zero attached hydrogens (tertiary/aromatic N) is 2. The lowest BCUT2D eigenvalue weighted by Crippen LogP contribution is -1.94. The number of nitro groups is 1. The molecule has 1 heterocycles. The van der Waals surface area contributed by atoms with E-state index in [1.807, 2.05) is 13.0 Å². The third-order valence-corrected chi connectivity index (χ3v) is 2.84. The van der Waals surface area contributed by atoms with Crippen molar-refractivity contribution in [3.63, 3.8) is 0 Å². The molecule has 0 saturated heterocycles. The Morgan fingerprint density at radius 1 is 1.38 bits per heavy atom. The van der Waals surface area contributed by atoms with Gasteiger partial charge in [0, 0.05) is 5.39 Å². The largest absolute Gasteiger partial charge is 0.325 e. The van der Waals surface area contributed by atoms with Crippen molar-refractivity contribution in [1.29, 1.82) is 0 Å². The SMILES string of the molecule is Cc1ccc2c(Cl)c([N+](=O)[O-])c(Cl)nc2c1. The summed E-state index contributed by atoms with van der Waals surface area (Å²) in [7, 11) is 0. The van der Waals surface area contributed by atoms with Gasteiger partial charge in [-0.1, -0.05) is 35.3 Å². The summed E-state index contributed by atoms with van der Waals surface area (Å²) in [6.45, 7) is 1.89. The van der Waals surface area contributed by atoms with Crippen LogP contribution in [0.3, 0.4) is 0 Å². The average Bonchev–Trinajstić information content (AvgIpc) is 2.15. The maximum Gasteiger partial charge on any atom is 0.325 e. The van der Waals surface area contributed by atoms with E-state index >= 15 is 0 Å². The monoisotopic (exact) mass is 256 g/mol. The first kappa shape index (κ1) is 11.1. The topological polar surface area (TPSA) is 56.0 Å². The van der Waals surface area contributed by atoms with Crippen molar-refractivity contribution in [3.8, 4) is 0 Å². The molecule has 1 aromatic carbocycles. The Morgan fingerprint density at radius 2 is 2.06 bits per heavy atom. The average molecular weight is 257 g/mol. The second kappa shape index (κ2) is 3.88. The lowest BCUT2D eigenvalue weighted by molar-refractivity contribution is -0.384. The van der Waals surface area contributed by atoms with Gasteiger partial charge in [-0.2, -0.15) is 0 Å². The second-order valence-electron chi connectivity index (χ2n) is 3.34. The molecule has 0 aliphatic rings. The maximum atomic E-state index is 10.7. The number of rotatable bonds is 1. The standard InChI is InChI=1S/C10H6Cl2N2O2/c1-5-2-3-6-7(4-5)13-10(12)9(8(6)11)14(15)16/h2-4H,1H3. The fraction of sp³-hybridized carbons (Fsp3) is 0.100. The minimum absolute atomic E-state index is 0.0278. The van der Waals surface area contributed by atoms with Gasteiger partial charge >= 0.3 is 5.69 Å². The van der Waals surface area contributed by atoms with Gasteiger partial charge < -0.3 is 0 Å². The quantitative estimate of drug-likeness (QED) is 0.444. The third-order valence-electron chi connectivity index (χ3n) is 2.19. The maximum absolute atomic E-state index is 10.7. The number of aryl methyl sites for hydroxylation is 1. The van der Waals surface area contributed by atoms with Crippen molar-refractivity contribution in [2.24, 2.45) is 0 Å². The fourth-order valence-electron chi connectivity index (χ4n) is 1.45. The molecule has 6 heteroatoms. The normalized spacial score (nSPS) is 10.7. The van der Waals surface area contributed by atoms with Crippen molar-refractivity contribution in [1.82, 2.24) is 4.98 Å². The van der Waals surface area contributed by atoms with E-state index in [1.54, 1.807) is 12.1 Å². The zero-order valence-electron chi connectivity index (χ0n) is 8.20. The van der Waals surface area contributed by atoms with Gasteiger partial charge in [0.15, 0.2) is 0 Å². The number of pyridine rings is 1. The Labute approximate surface area is 101 Å². The summed E-state index contributed by atoms with van der Waals surface area (Å²) >= 11 is 11.6. The van der Waals surface area contributed by atoms with Crippen molar-refractivity contribution in [2.75, 3.05) is 0 Å². The number of aromatic nitrogens is 1. The molecule has 0 saturated carbocycles. The molecule has 16 heavy (non-hydrogen) atoms. The van der Waals surface area contributed by atoms with Gasteiger partial charge in [0.1, 0.15) is 5.02 Å². The molecule has 2 rings (SSSR count). The van der Waals surface area contributed by atoms with E-state index in [-0.39, 0.29) is 15.9 Å². The van der Waals surface area contributed by atoms with Gasteiger partial charge in [0.05, 0.1) is 10.4 Å². The Bertz CT molecular complexity index is 599. The first-order valence-electron chi connectivity index (χ1n) is 4.40. The lowest BCUT2D eigenvalue weighted by atomic mass is 10.1. The van der Waals surface area contributed by atoms with Crippen molar-refractivity contribution < 1.29 is 4.92 Å². The first-order chi connectivity index (χ1) is 7.50. The van der Waals surface area contributed by atoms with Gasteiger partial charge in [-0.25, -0.2) is 4.98 Å². The molecule has 0 bridgehead atoms. The van der Waals surface area contributed by atoms with Crippen LogP contribution in [0.4, 0.5) is 5.69 Å². The Morgan fingerprint density at radius 3 is 2.69 bits per heavy atom. The van der Waals surface area contributed by atoms with Crippen LogP contribution < -0.4 is 0 Å². The number of halogens is 2. The van der Waals surface area contributed by atoms with E-state index in [4.69, 9.17) is 23.2 Å². The third kappa shape index (κ3) is 1.70. The minimum atomic E-state index is -0.628. The molecule has 0 N–H and O–H groups in total. The van der Waals surface area contributed by atoms with E-state index in [0.29, 0.717) is 10.9 Å². The van der Waals surface area contributed by atoms with E-state index in [0.717, 1.165) is 5.56 Å². The van der Waals surface area contributed by atoms with Crippen molar-refractivity contribution in [3.05, 3.63) is 44.1 Å². The van der Waals surface area contributed by atoms with Gasteiger partial charge in [0.2, 0.25) is 5.15 Å². The molecule has 0 spiro atoms. The smallest absolute Gasteiger partial charge is 0.258 e. The van der Waals surface area contributed by atoms with E-state index in [2.05, 4.69) is 4.98 Å². The molecular weight excluding hydrogens is 251 g/mol. The second-order valence-corrected chi connectivity index (χ2v) is 4.08. The van der Waals surface area contributed by atoms with E-state index in [1.165, 1.54) is 0 Å². The molecule has 0 atom stereocenters. The molecule has 0 aliphatic carbocycles. The number of benzene rings is 1. The molecule has 0 fully saturated rings. The summed E-state index contributed by atoms with van der Waals surface area (Å²) in [5, 5.41) is 11.1. The molecule has 0 aliphatic heterocycles. The highest BCUT2D eigenvalue weighted by Crippen LogP contribution is 2.36. The van der Waals surface area contributed by atoms with Crippen LogP contribution >= 0.6 is 23.2 Å². The Kier molecular flexibility index (Phi) is 2.69. The number of hydrogen-bond acceptors (Lipinski definition) is 3. The molecule has 1 aromatic heterocycles. The molecule has 0 amide bonds. The van der Waals surface area contributed by atoms with Crippen LogP contribution in [0.5, 0.6) is 0 Å². The molecular formula is C10H6Cl2N2O2. The zero-order chi connectivity index (χ0) is 11.9. The highest BCUT2D eigenvalue weighted by Gasteiger charge is 2.22. The predicted molar refractivity (Wildman–Crippen MR) is 63.2 cm³/mol. The zero-order valence-corrected chi connectivity index (χ0v) is 9.71. The summed E-state index contributed by atoms with van der Waals surface area (Å²) in [5.41, 5.74) is 1.20. The van der Waals surface area contributed by atoms with E-state index in [9.17, 15) is 10.1 Å². The number of hydrogen-bond donors (Lipinski definition) is 0. The summed E-state index contributed by atoms with van der Waals surface area (Å²) in [6.07, 6.45) is 0. The van der Waals surface area contributed by atoms with Gasteiger partial charge in [0.25, 0.3) is 0 Å².